The van der Waals surface area contributed by atoms with Crippen LogP contribution in [0, 0.1) is 0 Å². The number of aromatic amines is 1. The van der Waals surface area contributed by atoms with Crippen molar-refractivity contribution in [3.63, 3.8) is 0 Å². The van der Waals surface area contributed by atoms with Crippen molar-refractivity contribution in [3.05, 3.63) is 70.4 Å². The van der Waals surface area contributed by atoms with Crippen LogP contribution in [-0.4, -0.2) is 40.9 Å². The summed E-state index contributed by atoms with van der Waals surface area (Å²) < 4.78 is 2.56. The summed E-state index contributed by atoms with van der Waals surface area (Å²) >= 11 is 0. The summed E-state index contributed by atoms with van der Waals surface area (Å²) in [7, 11) is 0. The molecule has 0 aliphatic heterocycles. The summed E-state index contributed by atoms with van der Waals surface area (Å²) in [4.78, 5) is 25.1. The maximum atomic E-state index is 12.9. The molecule has 0 fully saturated rings. The Kier molecular flexibility index (Phi) is 5.56. The molecule has 32 heavy (non-hydrogen) atoms. The topological polar surface area (TPSA) is 111 Å². The fourth-order valence-electron chi connectivity index (χ4n) is 3.58. The summed E-state index contributed by atoms with van der Waals surface area (Å²) in [5, 5.41) is 18.7. The van der Waals surface area contributed by atoms with Crippen molar-refractivity contribution in [1.29, 1.82) is 0 Å². The molecule has 0 radical (unpaired) electrons. The smallest absolute Gasteiger partial charge is 0.274 e. The van der Waals surface area contributed by atoms with Crippen molar-refractivity contribution >= 4 is 5.91 Å². The highest BCUT2D eigenvalue weighted by atomic mass is 16.2. The predicted octanol–water partition coefficient (Wildman–Crippen LogP) is 3.29. The standard InChI is InChI=1S/C23H25N7O2/c1-5-19(31)30-22(32)29(21(26-30)23(2,3)4)14-15-10-12-16(13-11-15)17-8-6-7-9-18(17)20-24-27-28-25-20/h6-13H,5,14H2,1-4H3,(H,24,25,27,28). The molecule has 9 nitrogen and oxygen atoms in total. The second kappa shape index (κ2) is 8.33. The van der Waals surface area contributed by atoms with Gasteiger partial charge in [0.25, 0.3) is 5.91 Å². The van der Waals surface area contributed by atoms with Crippen LogP contribution in [0.2, 0.25) is 0 Å². The van der Waals surface area contributed by atoms with E-state index in [1.165, 1.54) is 0 Å². The van der Waals surface area contributed by atoms with Gasteiger partial charge in [-0.3, -0.25) is 9.36 Å². The average molecular weight is 432 g/mol. The molecule has 0 amide bonds. The minimum atomic E-state index is -0.409. The zero-order chi connectivity index (χ0) is 22.9. The molecule has 0 unspecified atom stereocenters. The molecule has 0 atom stereocenters. The van der Waals surface area contributed by atoms with Crippen LogP contribution in [0.25, 0.3) is 22.5 Å². The largest absolute Gasteiger partial charge is 0.353 e. The van der Waals surface area contributed by atoms with Gasteiger partial charge in [-0.05, 0) is 21.9 Å². The van der Waals surface area contributed by atoms with E-state index in [-0.39, 0.29) is 17.7 Å². The van der Waals surface area contributed by atoms with E-state index in [0.717, 1.165) is 26.9 Å². The Morgan fingerprint density at radius 3 is 2.31 bits per heavy atom. The minimum absolute atomic E-state index is 0.217. The van der Waals surface area contributed by atoms with E-state index in [1.807, 2.05) is 69.3 Å². The molecule has 0 saturated carbocycles. The van der Waals surface area contributed by atoms with E-state index < -0.39 is 5.69 Å². The van der Waals surface area contributed by atoms with Crippen molar-refractivity contribution in [2.45, 2.75) is 46.1 Å². The van der Waals surface area contributed by atoms with Gasteiger partial charge in [-0.1, -0.05) is 76.2 Å². The van der Waals surface area contributed by atoms with Crippen LogP contribution in [0.4, 0.5) is 0 Å². The van der Waals surface area contributed by atoms with Crippen molar-refractivity contribution in [2.24, 2.45) is 0 Å². The van der Waals surface area contributed by atoms with E-state index in [4.69, 9.17) is 0 Å². The number of aromatic nitrogens is 7. The lowest BCUT2D eigenvalue weighted by atomic mass is 9.95. The van der Waals surface area contributed by atoms with E-state index in [1.54, 1.807) is 11.5 Å². The number of hydrogen-bond acceptors (Lipinski definition) is 6. The Bertz CT molecular complexity index is 1290. The number of tetrazole rings is 1. The van der Waals surface area contributed by atoms with E-state index in [0.29, 0.717) is 18.2 Å². The third-order valence-electron chi connectivity index (χ3n) is 5.19. The maximum absolute atomic E-state index is 12.9. The van der Waals surface area contributed by atoms with E-state index >= 15 is 0 Å². The van der Waals surface area contributed by atoms with Gasteiger partial charge in [0.05, 0.1) is 6.54 Å². The summed E-state index contributed by atoms with van der Waals surface area (Å²) in [5.74, 6) is 0.794. The lowest BCUT2D eigenvalue weighted by molar-refractivity contribution is 0.0887. The molecular weight excluding hydrogens is 406 g/mol. The maximum Gasteiger partial charge on any atom is 0.353 e. The highest BCUT2D eigenvalue weighted by Gasteiger charge is 2.26. The molecule has 2 heterocycles. The van der Waals surface area contributed by atoms with Gasteiger partial charge in [0.1, 0.15) is 5.82 Å². The molecule has 4 aromatic rings. The molecule has 2 aromatic heterocycles. The van der Waals surface area contributed by atoms with Crippen LogP contribution in [0.15, 0.2) is 53.3 Å². The molecule has 0 spiro atoms. The number of rotatable bonds is 5. The number of H-pyrrole nitrogens is 1. The van der Waals surface area contributed by atoms with Crippen LogP contribution >= 0.6 is 0 Å². The summed E-state index contributed by atoms with van der Waals surface area (Å²) in [5.41, 5.74) is 2.99. The predicted molar refractivity (Wildman–Crippen MR) is 120 cm³/mol. The lowest BCUT2D eigenvalue weighted by Crippen LogP contribution is -2.30. The number of carbonyl (C=O) groups excluding carboxylic acids is 1. The van der Waals surface area contributed by atoms with Crippen LogP contribution in [-0.2, 0) is 12.0 Å². The van der Waals surface area contributed by atoms with Gasteiger partial charge in [-0.2, -0.15) is 5.21 Å². The monoisotopic (exact) mass is 431 g/mol. The Labute approximate surface area is 185 Å². The Balaban J connectivity index is 1.69. The molecule has 164 valence electrons. The summed E-state index contributed by atoms with van der Waals surface area (Å²) in [6.45, 7) is 7.98. The van der Waals surface area contributed by atoms with E-state index in [2.05, 4.69) is 25.7 Å². The minimum Gasteiger partial charge on any atom is -0.274 e. The SMILES string of the molecule is CCC(=O)n1nc(C(C)(C)C)n(Cc2ccc(-c3ccccc3-c3nn[nH]n3)cc2)c1=O. The van der Waals surface area contributed by atoms with Gasteiger partial charge in [0, 0.05) is 17.4 Å². The number of benzene rings is 2. The molecular formula is C23H25N7O2. The zero-order valence-electron chi connectivity index (χ0n) is 18.5. The van der Waals surface area contributed by atoms with Crippen molar-refractivity contribution < 1.29 is 4.79 Å². The molecule has 0 bridgehead atoms. The highest BCUT2D eigenvalue weighted by molar-refractivity contribution is 5.80. The van der Waals surface area contributed by atoms with E-state index in [9.17, 15) is 9.59 Å². The molecule has 0 aliphatic carbocycles. The first-order chi connectivity index (χ1) is 15.3. The first kappa shape index (κ1) is 21.4. The van der Waals surface area contributed by atoms with Crippen molar-refractivity contribution in [3.8, 4) is 22.5 Å². The zero-order valence-corrected chi connectivity index (χ0v) is 18.5. The third-order valence-corrected chi connectivity index (χ3v) is 5.19. The highest BCUT2D eigenvalue weighted by Crippen LogP contribution is 2.30. The number of nitrogens with zero attached hydrogens (tertiary/aromatic N) is 6. The van der Waals surface area contributed by atoms with Gasteiger partial charge >= 0.3 is 5.69 Å². The van der Waals surface area contributed by atoms with Crippen molar-refractivity contribution in [2.75, 3.05) is 0 Å². The lowest BCUT2D eigenvalue weighted by Gasteiger charge is -2.18. The molecule has 2 aromatic carbocycles. The first-order valence-electron chi connectivity index (χ1n) is 10.4. The van der Waals surface area contributed by atoms with Crippen molar-refractivity contribution in [1.82, 2.24) is 35.0 Å². The molecule has 4 rings (SSSR count). The summed E-state index contributed by atoms with van der Waals surface area (Å²) in [6.07, 6.45) is 0.217. The molecule has 0 aliphatic rings. The average Bonchev–Trinajstić information content (AvgIpc) is 3.43. The normalized spacial score (nSPS) is 11.6. The van der Waals surface area contributed by atoms with Crippen LogP contribution < -0.4 is 5.69 Å². The Morgan fingerprint density at radius 2 is 1.72 bits per heavy atom. The summed E-state index contributed by atoms with van der Waals surface area (Å²) in [6, 6.07) is 15.8. The molecule has 9 heteroatoms. The quantitative estimate of drug-likeness (QED) is 0.519. The van der Waals surface area contributed by atoms with Crippen LogP contribution in [0.5, 0.6) is 0 Å². The fraction of sp³-hybridized carbons (Fsp3) is 0.304. The number of carbonyl (C=O) groups is 1. The Hall–Kier alpha value is -3.88. The molecule has 1 N–H and O–H groups in total. The first-order valence-corrected chi connectivity index (χ1v) is 10.4. The fourth-order valence-corrected chi connectivity index (χ4v) is 3.58. The number of hydrogen-bond donors (Lipinski definition) is 1. The van der Waals surface area contributed by atoms with Gasteiger partial charge in [0.15, 0.2) is 0 Å². The second-order valence-electron chi connectivity index (χ2n) is 8.58. The van der Waals surface area contributed by atoms with Crippen LogP contribution in [0.3, 0.4) is 0 Å². The van der Waals surface area contributed by atoms with Gasteiger partial charge < -0.3 is 0 Å². The number of nitrogens with one attached hydrogen (secondary N) is 1. The Morgan fingerprint density at radius 1 is 1.03 bits per heavy atom. The second-order valence-corrected chi connectivity index (χ2v) is 8.58. The van der Waals surface area contributed by atoms with Crippen LogP contribution in [0.1, 0.15) is 50.3 Å². The van der Waals surface area contributed by atoms with Gasteiger partial charge in [-0.25, -0.2) is 4.79 Å². The van der Waals surface area contributed by atoms with Gasteiger partial charge in [-0.15, -0.1) is 20.0 Å². The third kappa shape index (κ3) is 4.01. The molecule has 0 saturated heterocycles. The van der Waals surface area contributed by atoms with Gasteiger partial charge in [0.2, 0.25) is 5.82 Å².